The number of hydrogen-bond donors (Lipinski definition) is 0. The highest BCUT2D eigenvalue weighted by Crippen LogP contribution is 2.16. The minimum atomic E-state index is -0.238. The van der Waals surface area contributed by atoms with Crippen LogP contribution in [0, 0.1) is 0 Å². The topological polar surface area (TPSA) is 29.5 Å². The van der Waals surface area contributed by atoms with Crippen LogP contribution in [0.5, 0.6) is 0 Å². The van der Waals surface area contributed by atoms with E-state index in [-0.39, 0.29) is 5.97 Å². The quantitative estimate of drug-likeness (QED) is 0.804. The molecule has 3 nitrogen and oxygen atoms in total. The number of hydrogen-bond acceptors (Lipinski definition) is 3. The normalized spacial score (nSPS) is 20.5. The smallest absolute Gasteiger partial charge is 0.338 e. The van der Waals surface area contributed by atoms with Gasteiger partial charge < -0.3 is 9.64 Å². The van der Waals surface area contributed by atoms with Crippen LogP contribution in [0.2, 0.25) is 0 Å². The highest BCUT2D eigenvalue weighted by Gasteiger charge is 2.22. The summed E-state index contributed by atoms with van der Waals surface area (Å²) in [7, 11) is 2.07. The molecule has 0 radical (unpaired) electrons. The average Bonchev–Trinajstić information content (AvgIpc) is 2.73. The summed E-state index contributed by atoms with van der Waals surface area (Å²) >= 11 is 3.34. The molecule has 0 amide bonds. The van der Waals surface area contributed by atoms with E-state index in [1.807, 2.05) is 12.1 Å². The Labute approximate surface area is 110 Å². The fraction of sp³-hybridized carbons (Fsp3) is 0.462. The molecular formula is C13H16BrNO2. The average molecular weight is 298 g/mol. The summed E-state index contributed by atoms with van der Waals surface area (Å²) in [6.45, 7) is 1.59. The van der Waals surface area contributed by atoms with Gasteiger partial charge in [0.2, 0.25) is 0 Å². The Bertz CT molecular complexity index is 391. The molecule has 1 aromatic carbocycles. The second kappa shape index (κ2) is 5.65. The summed E-state index contributed by atoms with van der Waals surface area (Å²) < 4.78 is 6.29. The van der Waals surface area contributed by atoms with E-state index < -0.39 is 0 Å². The first kappa shape index (κ1) is 12.6. The predicted molar refractivity (Wildman–Crippen MR) is 70.1 cm³/mol. The third kappa shape index (κ3) is 3.30. The second-order valence-corrected chi connectivity index (χ2v) is 5.30. The van der Waals surface area contributed by atoms with Crippen LogP contribution in [-0.4, -0.2) is 37.1 Å². The minimum absolute atomic E-state index is 0.238. The highest BCUT2D eigenvalue weighted by molar-refractivity contribution is 9.10. The van der Waals surface area contributed by atoms with Gasteiger partial charge in [-0.25, -0.2) is 4.79 Å². The fourth-order valence-electron chi connectivity index (χ4n) is 2.03. The van der Waals surface area contributed by atoms with Crippen molar-refractivity contribution in [1.29, 1.82) is 0 Å². The van der Waals surface area contributed by atoms with Crippen molar-refractivity contribution in [2.75, 3.05) is 20.2 Å². The first-order valence-electron chi connectivity index (χ1n) is 5.80. The molecule has 1 atom stereocenters. The molecule has 0 aliphatic carbocycles. The molecule has 0 bridgehead atoms. The summed E-state index contributed by atoms with van der Waals surface area (Å²) in [5.41, 5.74) is 0.605. The number of carbonyl (C=O) groups is 1. The number of likely N-dealkylation sites (tertiary alicyclic amines) is 1. The Morgan fingerprint density at radius 2 is 2.18 bits per heavy atom. The molecule has 1 aliphatic heterocycles. The van der Waals surface area contributed by atoms with Crippen LogP contribution in [0.15, 0.2) is 28.7 Å². The second-order valence-electron chi connectivity index (χ2n) is 4.38. The molecule has 0 saturated carbocycles. The fourth-order valence-corrected chi connectivity index (χ4v) is 2.30. The Balaban J connectivity index is 1.87. The van der Waals surface area contributed by atoms with Crippen molar-refractivity contribution in [2.24, 2.45) is 0 Å². The lowest BCUT2D eigenvalue weighted by atomic mass is 10.2. The van der Waals surface area contributed by atoms with Crippen molar-refractivity contribution < 1.29 is 9.53 Å². The van der Waals surface area contributed by atoms with Gasteiger partial charge >= 0.3 is 5.97 Å². The SMILES string of the molecule is CN1CCC[C@H]1COC(=O)c1ccc(Br)cc1. The van der Waals surface area contributed by atoms with Crippen LogP contribution in [0.4, 0.5) is 0 Å². The van der Waals surface area contributed by atoms with E-state index >= 15 is 0 Å². The number of ether oxygens (including phenoxy) is 1. The monoisotopic (exact) mass is 297 g/mol. The molecule has 1 aliphatic rings. The van der Waals surface area contributed by atoms with Crippen LogP contribution < -0.4 is 0 Å². The van der Waals surface area contributed by atoms with Gasteiger partial charge in [0.05, 0.1) is 5.56 Å². The van der Waals surface area contributed by atoms with Crippen LogP contribution >= 0.6 is 15.9 Å². The number of rotatable bonds is 3. The van der Waals surface area contributed by atoms with Gasteiger partial charge in [0, 0.05) is 10.5 Å². The van der Waals surface area contributed by atoms with Crippen LogP contribution in [0.1, 0.15) is 23.2 Å². The first-order chi connectivity index (χ1) is 8.16. The van der Waals surface area contributed by atoms with Crippen molar-refractivity contribution in [3.63, 3.8) is 0 Å². The molecule has 92 valence electrons. The van der Waals surface area contributed by atoms with Gasteiger partial charge in [-0.2, -0.15) is 0 Å². The third-order valence-electron chi connectivity index (χ3n) is 3.16. The van der Waals surface area contributed by atoms with E-state index in [2.05, 4.69) is 27.9 Å². The number of halogens is 1. The lowest BCUT2D eigenvalue weighted by Crippen LogP contribution is -2.30. The molecule has 1 saturated heterocycles. The van der Waals surface area contributed by atoms with Crippen LogP contribution in [-0.2, 0) is 4.74 Å². The lowest BCUT2D eigenvalue weighted by molar-refractivity contribution is 0.0416. The number of nitrogens with zero attached hydrogens (tertiary/aromatic N) is 1. The molecule has 0 spiro atoms. The Morgan fingerprint density at radius 1 is 1.47 bits per heavy atom. The largest absolute Gasteiger partial charge is 0.460 e. The molecule has 0 unspecified atom stereocenters. The van der Waals surface area contributed by atoms with Gasteiger partial charge in [-0.3, -0.25) is 0 Å². The van der Waals surface area contributed by atoms with Crippen LogP contribution in [0.3, 0.4) is 0 Å². The van der Waals surface area contributed by atoms with Crippen molar-refractivity contribution in [2.45, 2.75) is 18.9 Å². The van der Waals surface area contributed by atoms with E-state index in [0.717, 1.165) is 17.4 Å². The van der Waals surface area contributed by atoms with E-state index in [1.54, 1.807) is 12.1 Å². The Hall–Kier alpha value is -0.870. The van der Waals surface area contributed by atoms with Gasteiger partial charge in [-0.15, -0.1) is 0 Å². The summed E-state index contributed by atoms with van der Waals surface area (Å²) in [6, 6.07) is 7.61. The number of benzene rings is 1. The Morgan fingerprint density at radius 3 is 2.76 bits per heavy atom. The van der Waals surface area contributed by atoms with Gasteiger partial charge in [0.25, 0.3) is 0 Å². The van der Waals surface area contributed by atoms with E-state index in [1.165, 1.54) is 6.42 Å². The van der Waals surface area contributed by atoms with E-state index in [0.29, 0.717) is 18.2 Å². The number of carbonyl (C=O) groups excluding carboxylic acids is 1. The predicted octanol–water partition coefficient (Wildman–Crippen LogP) is 2.70. The van der Waals surface area contributed by atoms with E-state index in [4.69, 9.17) is 4.74 Å². The summed E-state index contributed by atoms with van der Waals surface area (Å²) in [4.78, 5) is 14.0. The van der Waals surface area contributed by atoms with Crippen molar-refractivity contribution in [3.8, 4) is 0 Å². The van der Waals surface area contributed by atoms with Gasteiger partial charge in [-0.1, -0.05) is 15.9 Å². The van der Waals surface area contributed by atoms with Crippen molar-refractivity contribution in [3.05, 3.63) is 34.3 Å². The maximum Gasteiger partial charge on any atom is 0.338 e. The molecule has 0 aromatic heterocycles. The van der Waals surface area contributed by atoms with Gasteiger partial charge in [-0.05, 0) is 50.7 Å². The lowest BCUT2D eigenvalue weighted by Gasteiger charge is -2.18. The highest BCUT2D eigenvalue weighted by atomic mass is 79.9. The van der Waals surface area contributed by atoms with E-state index in [9.17, 15) is 4.79 Å². The molecule has 4 heteroatoms. The molecule has 2 rings (SSSR count). The maximum absolute atomic E-state index is 11.8. The number of likely N-dealkylation sites (N-methyl/N-ethyl adjacent to an activating group) is 1. The zero-order valence-corrected chi connectivity index (χ0v) is 11.4. The summed E-state index contributed by atoms with van der Waals surface area (Å²) in [5, 5.41) is 0. The molecule has 1 aromatic rings. The molecule has 1 fully saturated rings. The molecular weight excluding hydrogens is 282 g/mol. The zero-order valence-electron chi connectivity index (χ0n) is 9.86. The third-order valence-corrected chi connectivity index (χ3v) is 3.69. The number of esters is 1. The van der Waals surface area contributed by atoms with Crippen molar-refractivity contribution >= 4 is 21.9 Å². The maximum atomic E-state index is 11.8. The summed E-state index contributed by atoms with van der Waals surface area (Å²) in [5.74, 6) is -0.238. The summed E-state index contributed by atoms with van der Waals surface area (Å²) in [6.07, 6.45) is 2.31. The Kier molecular flexibility index (Phi) is 4.18. The minimum Gasteiger partial charge on any atom is -0.460 e. The van der Waals surface area contributed by atoms with Crippen LogP contribution in [0.25, 0.3) is 0 Å². The molecule has 1 heterocycles. The van der Waals surface area contributed by atoms with Gasteiger partial charge in [0.15, 0.2) is 0 Å². The van der Waals surface area contributed by atoms with Gasteiger partial charge in [0.1, 0.15) is 6.61 Å². The molecule has 0 N–H and O–H groups in total. The molecule has 17 heavy (non-hydrogen) atoms. The standard InChI is InChI=1S/C13H16BrNO2/c1-15-8-2-3-12(15)9-17-13(16)10-4-6-11(14)7-5-10/h4-7,12H,2-3,8-9H2,1H3/t12-/m0/s1. The zero-order chi connectivity index (χ0) is 12.3. The van der Waals surface area contributed by atoms with Crippen molar-refractivity contribution in [1.82, 2.24) is 4.90 Å². The first-order valence-corrected chi connectivity index (χ1v) is 6.59.